The number of fused-ring (bicyclic) bond motifs is 1. The van der Waals surface area contributed by atoms with Gasteiger partial charge in [0.2, 0.25) is 0 Å². The Bertz CT molecular complexity index is 552. The first-order valence-electron chi connectivity index (χ1n) is 6.62. The molecule has 0 bridgehead atoms. The number of anilines is 1. The standard InChI is InChI=1S/C15H19N3/c1-11-10-13(16)8-9-18(11)15-7-6-12-4-2-3-5-14(12)17-15/h2-7,11,13H,8-10,16H2,1H3. The molecule has 1 aromatic heterocycles. The minimum Gasteiger partial charge on any atom is -0.354 e. The molecule has 0 radical (unpaired) electrons. The molecule has 3 nitrogen and oxygen atoms in total. The molecule has 18 heavy (non-hydrogen) atoms. The molecule has 0 aliphatic carbocycles. The van der Waals surface area contributed by atoms with Crippen molar-refractivity contribution < 1.29 is 0 Å². The van der Waals surface area contributed by atoms with Gasteiger partial charge in [-0.1, -0.05) is 18.2 Å². The maximum Gasteiger partial charge on any atom is 0.129 e. The first-order valence-corrected chi connectivity index (χ1v) is 6.62. The topological polar surface area (TPSA) is 42.1 Å². The fourth-order valence-electron chi connectivity index (χ4n) is 2.76. The number of piperidine rings is 1. The molecule has 1 saturated heterocycles. The average molecular weight is 241 g/mol. The molecule has 0 spiro atoms. The van der Waals surface area contributed by atoms with Crippen LogP contribution in [0.5, 0.6) is 0 Å². The quantitative estimate of drug-likeness (QED) is 0.834. The van der Waals surface area contributed by atoms with Crippen LogP contribution in [0.2, 0.25) is 0 Å². The van der Waals surface area contributed by atoms with Gasteiger partial charge in [-0.3, -0.25) is 0 Å². The number of benzene rings is 1. The van der Waals surface area contributed by atoms with Crippen molar-refractivity contribution in [2.24, 2.45) is 5.73 Å². The monoisotopic (exact) mass is 241 g/mol. The van der Waals surface area contributed by atoms with Crippen LogP contribution in [-0.4, -0.2) is 23.6 Å². The van der Waals surface area contributed by atoms with E-state index < -0.39 is 0 Å². The normalized spacial score (nSPS) is 24.4. The summed E-state index contributed by atoms with van der Waals surface area (Å²) in [7, 11) is 0. The Morgan fingerprint density at radius 3 is 2.89 bits per heavy atom. The van der Waals surface area contributed by atoms with Crippen molar-refractivity contribution in [3.05, 3.63) is 36.4 Å². The van der Waals surface area contributed by atoms with E-state index in [1.807, 2.05) is 12.1 Å². The van der Waals surface area contributed by atoms with Crippen LogP contribution in [0.15, 0.2) is 36.4 Å². The third kappa shape index (κ3) is 2.06. The lowest BCUT2D eigenvalue weighted by Gasteiger charge is -2.37. The Labute approximate surface area is 108 Å². The Morgan fingerprint density at radius 1 is 1.22 bits per heavy atom. The molecule has 3 rings (SSSR count). The Morgan fingerprint density at radius 2 is 2.06 bits per heavy atom. The van der Waals surface area contributed by atoms with Gasteiger partial charge in [0.1, 0.15) is 5.82 Å². The van der Waals surface area contributed by atoms with E-state index >= 15 is 0 Å². The zero-order valence-electron chi connectivity index (χ0n) is 10.7. The number of nitrogens with zero attached hydrogens (tertiary/aromatic N) is 2. The molecule has 3 heteroatoms. The molecule has 0 saturated carbocycles. The minimum atomic E-state index is 0.344. The highest BCUT2D eigenvalue weighted by Crippen LogP contribution is 2.24. The Hall–Kier alpha value is -1.61. The van der Waals surface area contributed by atoms with Gasteiger partial charge in [-0.05, 0) is 38.0 Å². The summed E-state index contributed by atoms with van der Waals surface area (Å²) in [6, 6.07) is 13.3. The number of nitrogens with two attached hydrogens (primary N) is 1. The van der Waals surface area contributed by atoms with E-state index in [1.54, 1.807) is 0 Å². The fraction of sp³-hybridized carbons (Fsp3) is 0.400. The smallest absolute Gasteiger partial charge is 0.129 e. The third-order valence-corrected chi connectivity index (χ3v) is 3.79. The van der Waals surface area contributed by atoms with Crippen molar-refractivity contribution >= 4 is 16.7 Å². The highest BCUT2D eigenvalue weighted by atomic mass is 15.2. The van der Waals surface area contributed by atoms with Crippen LogP contribution in [0.1, 0.15) is 19.8 Å². The van der Waals surface area contributed by atoms with E-state index in [0.717, 1.165) is 30.7 Å². The van der Waals surface area contributed by atoms with Gasteiger partial charge in [0.25, 0.3) is 0 Å². The molecule has 1 aliphatic heterocycles. The lowest BCUT2D eigenvalue weighted by molar-refractivity contribution is 0.427. The fourth-order valence-corrected chi connectivity index (χ4v) is 2.76. The number of pyridine rings is 1. The van der Waals surface area contributed by atoms with Gasteiger partial charge < -0.3 is 10.6 Å². The SMILES string of the molecule is CC1CC(N)CCN1c1ccc2ccccc2n1. The van der Waals surface area contributed by atoms with Crippen LogP contribution in [0.4, 0.5) is 5.82 Å². The average Bonchev–Trinajstić information content (AvgIpc) is 2.38. The van der Waals surface area contributed by atoms with Gasteiger partial charge in [-0.25, -0.2) is 4.98 Å². The molecular formula is C15H19N3. The van der Waals surface area contributed by atoms with E-state index in [2.05, 4.69) is 36.1 Å². The van der Waals surface area contributed by atoms with Crippen molar-refractivity contribution in [2.45, 2.75) is 31.8 Å². The highest BCUT2D eigenvalue weighted by molar-refractivity contribution is 5.80. The van der Waals surface area contributed by atoms with Crippen LogP contribution in [0.3, 0.4) is 0 Å². The number of hydrogen-bond acceptors (Lipinski definition) is 3. The van der Waals surface area contributed by atoms with Gasteiger partial charge in [-0.2, -0.15) is 0 Å². The van der Waals surface area contributed by atoms with Crippen LogP contribution in [0.25, 0.3) is 10.9 Å². The molecule has 2 aromatic rings. The van der Waals surface area contributed by atoms with Crippen LogP contribution >= 0.6 is 0 Å². The first kappa shape index (κ1) is 11.5. The molecule has 0 amide bonds. The van der Waals surface area contributed by atoms with Crippen LogP contribution in [0, 0.1) is 0 Å². The molecule has 1 fully saturated rings. The molecule has 2 unspecified atom stereocenters. The summed E-state index contributed by atoms with van der Waals surface area (Å²) in [5.74, 6) is 1.08. The van der Waals surface area contributed by atoms with Crippen LogP contribution in [-0.2, 0) is 0 Å². The van der Waals surface area contributed by atoms with Crippen molar-refractivity contribution in [2.75, 3.05) is 11.4 Å². The van der Waals surface area contributed by atoms with Crippen molar-refractivity contribution in [1.82, 2.24) is 4.98 Å². The van der Waals surface area contributed by atoms with Crippen LogP contribution < -0.4 is 10.6 Å². The number of rotatable bonds is 1. The minimum absolute atomic E-state index is 0.344. The van der Waals surface area contributed by atoms with E-state index in [9.17, 15) is 0 Å². The largest absolute Gasteiger partial charge is 0.354 e. The number of para-hydroxylation sites is 1. The summed E-state index contributed by atoms with van der Waals surface area (Å²) < 4.78 is 0. The highest BCUT2D eigenvalue weighted by Gasteiger charge is 2.24. The van der Waals surface area contributed by atoms with E-state index in [0.29, 0.717) is 12.1 Å². The second kappa shape index (κ2) is 4.58. The van der Waals surface area contributed by atoms with Crippen molar-refractivity contribution in [3.63, 3.8) is 0 Å². The second-order valence-electron chi connectivity index (χ2n) is 5.19. The first-order chi connectivity index (χ1) is 8.74. The maximum atomic E-state index is 6.01. The summed E-state index contributed by atoms with van der Waals surface area (Å²) in [6.45, 7) is 3.24. The van der Waals surface area contributed by atoms with Gasteiger partial charge in [0, 0.05) is 24.0 Å². The molecule has 94 valence electrons. The lowest BCUT2D eigenvalue weighted by Crippen LogP contribution is -2.45. The van der Waals surface area contributed by atoms with Crippen molar-refractivity contribution in [3.8, 4) is 0 Å². The lowest BCUT2D eigenvalue weighted by atomic mass is 9.99. The van der Waals surface area contributed by atoms with Gasteiger partial charge in [-0.15, -0.1) is 0 Å². The number of aromatic nitrogens is 1. The maximum absolute atomic E-state index is 6.01. The zero-order chi connectivity index (χ0) is 12.5. The summed E-state index contributed by atoms with van der Waals surface area (Å²) in [5, 5.41) is 1.20. The predicted molar refractivity (Wildman–Crippen MR) is 75.8 cm³/mol. The van der Waals surface area contributed by atoms with Gasteiger partial charge >= 0.3 is 0 Å². The molecule has 1 aliphatic rings. The van der Waals surface area contributed by atoms with Gasteiger partial charge in [0.05, 0.1) is 5.52 Å². The van der Waals surface area contributed by atoms with Crippen molar-refractivity contribution in [1.29, 1.82) is 0 Å². The zero-order valence-corrected chi connectivity index (χ0v) is 10.7. The Balaban J connectivity index is 1.94. The summed E-state index contributed by atoms with van der Waals surface area (Å²) in [5.41, 5.74) is 7.08. The molecule has 2 N–H and O–H groups in total. The number of hydrogen-bond donors (Lipinski definition) is 1. The summed E-state index contributed by atoms with van der Waals surface area (Å²) in [6.07, 6.45) is 2.10. The predicted octanol–water partition coefficient (Wildman–Crippen LogP) is 2.55. The summed E-state index contributed by atoms with van der Waals surface area (Å²) >= 11 is 0. The molecule has 2 heterocycles. The second-order valence-corrected chi connectivity index (χ2v) is 5.19. The van der Waals surface area contributed by atoms with Gasteiger partial charge in [0.15, 0.2) is 0 Å². The van der Waals surface area contributed by atoms with E-state index in [1.165, 1.54) is 5.39 Å². The third-order valence-electron chi connectivity index (χ3n) is 3.79. The molecule has 1 aromatic carbocycles. The Kier molecular flexibility index (Phi) is 2.92. The van der Waals surface area contributed by atoms with E-state index in [-0.39, 0.29) is 0 Å². The molecule has 2 atom stereocenters. The van der Waals surface area contributed by atoms with E-state index in [4.69, 9.17) is 10.7 Å². The summed E-state index contributed by atoms with van der Waals surface area (Å²) in [4.78, 5) is 7.13. The molecular weight excluding hydrogens is 222 g/mol.